The van der Waals surface area contributed by atoms with E-state index in [2.05, 4.69) is 4.52 Å². The molecule has 1 rings (SSSR count). The van der Waals surface area contributed by atoms with E-state index in [4.69, 9.17) is 35.8 Å². The highest BCUT2D eigenvalue weighted by Gasteiger charge is 2.49. The molecule has 0 aliphatic carbocycles. The van der Waals surface area contributed by atoms with Crippen LogP contribution in [0.2, 0.25) is 0 Å². The second-order valence-electron chi connectivity index (χ2n) is 4.37. The summed E-state index contributed by atoms with van der Waals surface area (Å²) >= 11 is 0. The Bertz CT molecular complexity index is 388. The Labute approximate surface area is 115 Å². The van der Waals surface area contributed by atoms with Crippen LogP contribution in [0.1, 0.15) is 12.8 Å². The Balaban J connectivity index is 2.66. The van der Waals surface area contributed by atoms with Crippen molar-refractivity contribution in [2.45, 2.75) is 30.8 Å². The minimum absolute atomic E-state index is 0.242. The first kappa shape index (κ1) is 17.5. The van der Waals surface area contributed by atoms with Gasteiger partial charge >= 0.3 is 13.8 Å². The third-order valence-corrected chi connectivity index (χ3v) is 3.26. The first-order chi connectivity index (χ1) is 9.19. The number of nitrogens with two attached hydrogens (primary N) is 2. The number of hydrogen-bond donors (Lipinski definition) is 5. The minimum atomic E-state index is -4.63. The smallest absolute Gasteiger partial charge is 0.469 e. The van der Waals surface area contributed by atoms with Crippen molar-refractivity contribution in [3.63, 3.8) is 0 Å². The summed E-state index contributed by atoms with van der Waals surface area (Å²) in [5, 5.41) is 9.10. The maximum Gasteiger partial charge on any atom is 0.469 e. The fourth-order valence-corrected chi connectivity index (χ4v) is 2.11. The van der Waals surface area contributed by atoms with Crippen molar-refractivity contribution in [1.29, 1.82) is 0 Å². The van der Waals surface area contributed by atoms with Crippen LogP contribution in [0.4, 0.5) is 0 Å². The van der Waals surface area contributed by atoms with Gasteiger partial charge in [-0.15, -0.1) is 0 Å². The average Bonchev–Trinajstić information content (AvgIpc) is 2.35. The summed E-state index contributed by atoms with van der Waals surface area (Å²) in [6.45, 7) is -0.361. The van der Waals surface area contributed by atoms with E-state index in [1.807, 2.05) is 0 Å². The van der Waals surface area contributed by atoms with E-state index in [1.54, 1.807) is 0 Å². The highest BCUT2D eigenvalue weighted by atomic mass is 31.2. The molecule has 0 saturated carbocycles. The van der Waals surface area contributed by atoms with Crippen LogP contribution in [0, 0.1) is 0 Å². The molecule has 1 heterocycles. The van der Waals surface area contributed by atoms with Crippen LogP contribution in [0.25, 0.3) is 0 Å². The van der Waals surface area contributed by atoms with Crippen molar-refractivity contribution in [1.82, 2.24) is 0 Å². The average molecular weight is 314 g/mol. The first-order valence-corrected chi connectivity index (χ1v) is 7.44. The molecule has 0 bridgehead atoms. The third-order valence-electron chi connectivity index (χ3n) is 2.78. The van der Waals surface area contributed by atoms with E-state index in [9.17, 15) is 9.36 Å². The molecule has 0 amide bonds. The molecule has 0 aromatic rings. The summed E-state index contributed by atoms with van der Waals surface area (Å²) in [6.07, 6.45) is -1.10. The van der Waals surface area contributed by atoms with Gasteiger partial charge in [-0.1, -0.05) is 0 Å². The van der Waals surface area contributed by atoms with Gasteiger partial charge < -0.3 is 30.1 Å². The SMILES string of the molecule is NCCCC1OC(COP(=O)(O)O)COC1(N)C(=O)O. The summed E-state index contributed by atoms with van der Waals surface area (Å²) in [5.74, 6) is -1.38. The summed E-state index contributed by atoms with van der Waals surface area (Å²) in [6, 6.07) is 0. The summed E-state index contributed by atoms with van der Waals surface area (Å²) < 4.78 is 25.4. The lowest BCUT2D eigenvalue weighted by molar-refractivity contribution is -0.244. The summed E-state index contributed by atoms with van der Waals surface area (Å²) in [4.78, 5) is 28.4. The molecule has 10 nitrogen and oxygen atoms in total. The van der Waals surface area contributed by atoms with E-state index in [0.29, 0.717) is 13.0 Å². The zero-order chi connectivity index (χ0) is 15.4. The van der Waals surface area contributed by atoms with Crippen molar-refractivity contribution >= 4 is 13.8 Å². The second-order valence-corrected chi connectivity index (χ2v) is 5.61. The lowest BCUT2D eigenvalue weighted by atomic mass is 10.0. The van der Waals surface area contributed by atoms with Crippen LogP contribution < -0.4 is 11.5 Å². The van der Waals surface area contributed by atoms with Crippen molar-refractivity contribution in [3.05, 3.63) is 0 Å². The summed E-state index contributed by atoms with van der Waals surface area (Å²) in [5.41, 5.74) is 8.99. The van der Waals surface area contributed by atoms with Gasteiger partial charge in [-0.2, -0.15) is 0 Å². The lowest BCUT2D eigenvalue weighted by Crippen LogP contribution is -2.65. The van der Waals surface area contributed by atoms with E-state index < -0.39 is 38.3 Å². The highest BCUT2D eigenvalue weighted by Crippen LogP contribution is 2.36. The third kappa shape index (κ3) is 4.76. The van der Waals surface area contributed by atoms with Gasteiger partial charge in [-0.25, -0.2) is 9.36 Å². The van der Waals surface area contributed by atoms with Crippen molar-refractivity contribution in [2.24, 2.45) is 11.5 Å². The van der Waals surface area contributed by atoms with Crippen LogP contribution in [0.3, 0.4) is 0 Å². The molecule has 7 N–H and O–H groups in total. The topological polar surface area (TPSA) is 175 Å². The molecule has 20 heavy (non-hydrogen) atoms. The molecular formula is C9H19N2O8P. The zero-order valence-corrected chi connectivity index (χ0v) is 11.6. The van der Waals surface area contributed by atoms with Gasteiger partial charge in [-0.05, 0) is 19.4 Å². The highest BCUT2D eigenvalue weighted by molar-refractivity contribution is 7.46. The van der Waals surface area contributed by atoms with E-state index in [-0.39, 0.29) is 13.0 Å². The first-order valence-electron chi connectivity index (χ1n) is 5.91. The van der Waals surface area contributed by atoms with Crippen LogP contribution in [-0.2, 0) is 23.4 Å². The Morgan fingerprint density at radius 1 is 1.50 bits per heavy atom. The molecule has 3 atom stereocenters. The van der Waals surface area contributed by atoms with Crippen LogP contribution >= 0.6 is 7.82 Å². The Hall–Kier alpha value is -0.580. The Morgan fingerprint density at radius 3 is 2.65 bits per heavy atom. The molecule has 1 saturated heterocycles. The maximum absolute atomic E-state index is 11.2. The van der Waals surface area contributed by atoms with Gasteiger partial charge in [0, 0.05) is 0 Å². The van der Waals surface area contributed by atoms with Crippen molar-refractivity contribution in [3.8, 4) is 0 Å². The molecule has 1 aliphatic heterocycles. The van der Waals surface area contributed by atoms with Gasteiger partial charge in [0.25, 0.3) is 0 Å². The van der Waals surface area contributed by atoms with Gasteiger partial charge in [0.1, 0.15) is 12.2 Å². The predicted octanol–water partition coefficient (Wildman–Crippen LogP) is -1.64. The lowest BCUT2D eigenvalue weighted by Gasteiger charge is -2.40. The number of aliphatic carboxylic acids is 1. The minimum Gasteiger partial charge on any atom is -0.478 e. The predicted molar refractivity (Wildman–Crippen MR) is 65.5 cm³/mol. The molecular weight excluding hydrogens is 295 g/mol. The normalized spacial score (nSPS) is 31.2. The Kier molecular flexibility index (Phi) is 6.05. The monoisotopic (exact) mass is 314 g/mol. The van der Waals surface area contributed by atoms with Crippen LogP contribution in [0.5, 0.6) is 0 Å². The standard InChI is InChI=1S/C9H19N2O8P/c10-3-1-2-7-9(11,8(12)13)17-4-6(19-7)5-18-20(14,15)16/h6-7H,1-5,10-11H2,(H,12,13)(H2,14,15,16). The number of carbonyl (C=O) groups is 1. The zero-order valence-electron chi connectivity index (χ0n) is 10.7. The quantitative estimate of drug-likeness (QED) is 0.342. The van der Waals surface area contributed by atoms with Gasteiger partial charge in [0.05, 0.1) is 13.2 Å². The maximum atomic E-state index is 11.2. The number of carboxylic acids is 1. The number of rotatable bonds is 7. The molecule has 0 radical (unpaired) electrons. The summed E-state index contributed by atoms with van der Waals surface area (Å²) in [7, 11) is -4.63. The fraction of sp³-hybridized carbons (Fsp3) is 0.889. The number of hydrogen-bond acceptors (Lipinski definition) is 7. The fourth-order valence-electron chi connectivity index (χ4n) is 1.75. The number of phosphoric ester groups is 1. The van der Waals surface area contributed by atoms with Gasteiger partial charge in [-0.3, -0.25) is 10.3 Å². The van der Waals surface area contributed by atoms with Crippen molar-refractivity contribution < 1.29 is 38.3 Å². The number of phosphoric acid groups is 1. The van der Waals surface area contributed by atoms with E-state index >= 15 is 0 Å². The van der Waals surface area contributed by atoms with Crippen LogP contribution in [0.15, 0.2) is 0 Å². The van der Waals surface area contributed by atoms with Gasteiger partial charge in [0.2, 0.25) is 5.72 Å². The molecule has 0 spiro atoms. The Morgan fingerprint density at radius 2 is 2.15 bits per heavy atom. The molecule has 0 aromatic heterocycles. The molecule has 11 heteroatoms. The molecule has 1 aliphatic rings. The van der Waals surface area contributed by atoms with E-state index in [1.165, 1.54) is 0 Å². The molecule has 118 valence electrons. The van der Waals surface area contributed by atoms with Crippen molar-refractivity contribution in [2.75, 3.05) is 19.8 Å². The largest absolute Gasteiger partial charge is 0.478 e. The molecule has 1 fully saturated rings. The number of carboxylic acid groups (broad SMARTS) is 1. The second kappa shape index (κ2) is 6.92. The molecule has 0 aromatic carbocycles. The molecule has 3 unspecified atom stereocenters. The van der Waals surface area contributed by atoms with E-state index in [0.717, 1.165) is 0 Å². The number of ether oxygens (including phenoxy) is 2. The van der Waals surface area contributed by atoms with Gasteiger partial charge in [0.15, 0.2) is 0 Å². The van der Waals surface area contributed by atoms with Crippen LogP contribution in [-0.4, -0.2) is 58.6 Å².